The van der Waals surface area contributed by atoms with Gasteiger partial charge in [0.1, 0.15) is 12.4 Å². The van der Waals surface area contributed by atoms with Gasteiger partial charge < -0.3 is 4.57 Å². The van der Waals surface area contributed by atoms with E-state index in [1.165, 1.54) is 5.56 Å². The Morgan fingerprint density at radius 1 is 1.17 bits per heavy atom. The van der Waals surface area contributed by atoms with Crippen molar-refractivity contribution in [2.24, 2.45) is 0 Å². The quantitative estimate of drug-likeness (QED) is 0.415. The zero-order valence-corrected chi connectivity index (χ0v) is 16.0. The normalized spacial score (nSPS) is 11.0. The van der Waals surface area contributed by atoms with Crippen molar-refractivity contribution in [3.63, 3.8) is 0 Å². The molecule has 0 fully saturated rings. The molecule has 146 valence electrons. The predicted octanol–water partition coefficient (Wildman–Crippen LogP) is 3.80. The highest BCUT2D eigenvalue weighted by atomic mass is 16.6. The average molecular weight is 389 g/mol. The standard InChI is InChI=1S/C21H19N5O3/c1-14-15(2)24(12-16-6-4-3-5-7-16)20-9-8-17(10-19(14)20)21(27)23-25-13-18(11-22-25)26(28)29/h3-11,13H,12H2,1-2H3,(H,23,27). The fourth-order valence-corrected chi connectivity index (χ4v) is 3.40. The number of carbonyl (C=O) groups excluding carboxylic acids is 1. The number of nitro groups is 1. The Labute approximate surface area is 166 Å². The predicted molar refractivity (Wildman–Crippen MR) is 110 cm³/mol. The molecule has 0 radical (unpaired) electrons. The first kappa shape index (κ1) is 18.4. The Morgan fingerprint density at radius 3 is 2.62 bits per heavy atom. The highest BCUT2D eigenvalue weighted by Gasteiger charge is 2.16. The first-order valence-corrected chi connectivity index (χ1v) is 9.08. The molecule has 1 N–H and O–H groups in total. The van der Waals surface area contributed by atoms with Gasteiger partial charge in [0.05, 0.1) is 4.92 Å². The monoisotopic (exact) mass is 389 g/mol. The minimum Gasteiger partial charge on any atom is -0.340 e. The number of hydrogen-bond donors (Lipinski definition) is 1. The summed E-state index contributed by atoms with van der Waals surface area (Å²) in [5.41, 5.74) is 7.31. The van der Waals surface area contributed by atoms with Crippen molar-refractivity contribution >= 4 is 22.5 Å². The SMILES string of the molecule is Cc1c(C)n(Cc2ccccc2)c2ccc(C(=O)Nn3cc([N+](=O)[O-])cn3)cc12. The summed E-state index contributed by atoms with van der Waals surface area (Å²) in [6, 6.07) is 15.7. The fourth-order valence-electron chi connectivity index (χ4n) is 3.40. The zero-order chi connectivity index (χ0) is 20.5. The minimum absolute atomic E-state index is 0.190. The molecule has 4 aromatic rings. The van der Waals surface area contributed by atoms with Crippen LogP contribution in [0.2, 0.25) is 0 Å². The molecule has 0 unspecified atom stereocenters. The summed E-state index contributed by atoms with van der Waals surface area (Å²) in [6.45, 7) is 4.86. The Balaban J connectivity index is 1.64. The van der Waals surface area contributed by atoms with Gasteiger partial charge in [-0.15, -0.1) is 0 Å². The van der Waals surface area contributed by atoms with Gasteiger partial charge in [0, 0.05) is 28.7 Å². The lowest BCUT2D eigenvalue weighted by Gasteiger charge is -2.09. The Hall–Kier alpha value is -3.94. The summed E-state index contributed by atoms with van der Waals surface area (Å²) in [5.74, 6) is -0.391. The van der Waals surface area contributed by atoms with Gasteiger partial charge in [-0.3, -0.25) is 14.9 Å². The second kappa shape index (κ2) is 7.23. The highest BCUT2D eigenvalue weighted by molar-refractivity contribution is 6.03. The second-order valence-corrected chi connectivity index (χ2v) is 6.86. The largest absolute Gasteiger partial charge is 0.340 e. The maximum Gasteiger partial charge on any atom is 0.309 e. The van der Waals surface area contributed by atoms with Crippen molar-refractivity contribution in [1.82, 2.24) is 14.5 Å². The molecule has 0 atom stereocenters. The second-order valence-electron chi connectivity index (χ2n) is 6.86. The van der Waals surface area contributed by atoms with Crippen LogP contribution in [-0.2, 0) is 6.54 Å². The van der Waals surface area contributed by atoms with E-state index in [9.17, 15) is 14.9 Å². The molecular formula is C21H19N5O3. The van der Waals surface area contributed by atoms with Gasteiger partial charge in [-0.05, 0) is 43.2 Å². The van der Waals surface area contributed by atoms with Crippen molar-refractivity contribution < 1.29 is 9.72 Å². The van der Waals surface area contributed by atoms with E-state index in [0.717, 1.165) is 45.9 Å². The molecule has 0 aliphatic rings. The summed E-state index contributed by atoms with van der Waals surface area (Å²) in [6.07, 6.45) is 2.24. The maximum absolute atomic E-state index is 12.6. The lowest BCUT2D eigenvalue weighted by atomic mass is 10.1. The van der Waals surface area contributed by atoms with E-state index in [-0.39, 0.29) is 5.69 Å². The van der Waals surface area contributed by atoms with Crippen LogP contribution in [0.5, 0.6) is 0 Å². The fraction of sp³-hybridized carbons (Fsp3) is 0.143. The number of carbonyl (C=O) groups is 1. The number of nitrogens with zero attached hydrogens (tertiary/aromatic N) is 4. The van der Waals surface area contributed by atoms with E-state index in [1.807, 2.05) is 37.3 Å². The van der Waals surface area contributed by atoms with Gasteiger partial charge in [0.15, 0.2) is 0 Å². The van der Waals surface area contributed by atoms with Crippen LogP contribution < -0.4 is 5.43 Å². The van der Waals surface area contributed by atoms with Crippen LogP contribution in [0.1, 0.15) is 27.2 Å². The van der Waals surface area contributed by atoms with Gasteiger partial charge in [-0.25, -0.2) is 5.43 Å². The maximum atomic E-state index is 12.6. The Kier molecular flexibility index (Phi) is 4.59. The number of fused-ring (bicyclic) bond motifs is 1. The molecule has 4 rings (SSSR count). The van der Waals surface area contributed by atoms with E-state index >= 15 is 0 Å². The molecule has 29 heavy (non-hydrogen) atoms. The Bertz CT molecular complexity index is 1220. The summed E-state index contributed by atoms with van der Waals surface area (Å²) in [5, 5.41) is 15.5. The van der Waals surface area contributed by atoms with Crippen molar-refractivity contribution in [3.8, 4) is 0 Å². The minimum atomic E-state index is -0.566. The van der Waals surface area contributed by atoms with Crippen LogP contribution in [-0.4, -0.2) is 25.3 Å². The van der Waals surface area contributed by atoms with Crippen molar-refractivity contribution in [1.29, 1.82) is 0 Å². The first-order chi connectivity index (χ1) is 13.9. The third-order valence-corrected chi connectivity index (χ3v) is 5.08. The van der Waals surface area contributed by atoms with Crippen LogP contribution in [0.3, 0.4) is 0 Å². The van der Waals surface area contributed by atoms with E-state index in [4.69, 9.17) is 0 Å². The van der Waals surface area contributed by atoms with E-state index < -0.39 is 10.8 Å². The van der Waals surface area contributed by atoms with Gasteiger partial charge in [-0.1, -0.05) is 30.3 Å². The van der Waals surface area contributed by atoms with Gasteiger partial charge in [-0.2, -0.15) is 9.89 Å². The molecular weight excluding hydrogens is 370 g/mol. The molecule has 0 bridgehead atoms. The molecule has 0 saturated carbocycles. The molecule has 8 nitrogen and oxygen atoms in total. The van der Waals surface area contributed by atoms with Crippen molar-refractivity contribution in [2.75, 3.05) is 5.43 Å². The van der Waals surface area contributed by atoms with Crippen LogP contribution in [0.4, 0.5) is 5.69 Å². The van der Waals surface area contributed by atoms with Crippen LogP contribution >= 0.6 is 0 Å². The lowest BCUT2D eigenvalue weighted by Crippen LogP contribution is -2.23. The molecule has 0 aliphatic carbocycles. The summed E-state index contributed by atoms with van der Waals surface area (Å²) < 4.78 is 2.23. The zero-order valence-electron chi connectivity index (χ0n) is 16.0. The molecule has 0 spiro atoms. The third-order valence-electron chi connectivity index (χ3n) is 5.08. The number of rotatable bonds is 5. The molecule has 2 aromatic heterocycles. The van der Waals surface area contributed by atoms with Crippen molar-refractivity contribution in [2.45, 2.75) is 20.4 Å². The number of aryl methyl sites for hydroxylation is 1. The van der Waals surface area contributed by atoms with Gasteiger partial charge in [0.2, 0.25) is 0 Å². The molecule has 2 heterocycles. The molecule has 1 amide bonds. The summed E-state index contributed by atoms with van der Waals surface area (Å²) >= 11 is 0. The topological polar surface area (TPSA) is 95.0 Å². The lowest BCUT2D eigenvalue weighted by molar-refractivity contribution is -0.384. The number of amides is 1. The van der Waals surface area contributed by atoms with Crippen LogP contribution in [0, 0.1) is 24.0 Å². The average Bonchev–Trinajstić information content (AvgIpc) is 3.28. The summed E-state index contributed by atoms with van der Waals surface area (Å²) in [7, 11) is 0. The Morgan fingerprint density at radius 2 is 1.93 bits per heavy atom. The first-order valence-electron chi connectivity index (χ1n) is 9.08. The van der Waals surface area contributed by atoms with Crippen LogP contribution in [0.25, 0.3) is 10.9 Å². The smallest absolute Gasteiger partial charge is 0.309 e. The number of benzene rings is 2. The molecule has 0 aliphatic heterocycles. The van der Waals surface area contributed by atoms with E-state index in [0.29, 0.717) is 5.56 Å². The molecule has 0 saturated heterocycles. The molecule has 8 heteroatoms. The molecule has 2 aromatic carbocycles. The van der Waals surface area contributed by atoms with Gasteiger partial charge >= 0.3 is 5.69 Å². The van der Waals surface area contributed by atoms with E-state index in [2.05, 4.69) is 34.1 Å². The third kappa shape index (κ3) is 3.47. The van der Waals surface area contributed by atoms with Crippen LogP contribution in [0.15, 0.2) is 60.9 Å². The van der Waals surface area contributed by atoms with E-state index in [1.54, 1.807) is 6.07 Å². The number of nitrogens with one attached hydrogen (secondary N) is 1. The summed E-state index contributed by atoms with van der Waals surface area (Å²) in [4.78, 5) is 23.8. The van der Waals surface area contributed by atoms with Crippen molar-refractivity contribution in [3.05, 3.63) is 93.4 Å². The highest BCUT2D eigenvalue weighted by Crippen LogP contribution is 2.27. The van der Waals surface area contributed by atoms with Gasteiger partial charge in [0.25, 0.3) is 5.91 Å². The number of aromatic nitrogens is 3. The number of hydrogen-bond acceptors (Lipinski definition) is 4.